The third kappa shape index (κ3) is 4.02. The molecule has 0 radical (unpaired) electrons. The number of nitrogens with two attached hydrogens (primary N) is 1. The smallest absolute Gasteiger partial charge is 0.348 e. The second-order valence-electron chi connectivity index (χ2n) is 11.4. The Morgan fingerprint density at radius 1 is 0.829 bits per heavy atom. The Morgan fingerprint density at radius 3 is 2.05 bits per heavy atom. The second kappa shape index (κ2) is 10.0. The van der Waals surface area contributed by atoms with Crippen molar-refractivity contribution in [2.24, 2.45) is 12.8 Å². The number of fused-ring (bicyclic) bond motifs is 2. The van der Waals surface area contributed by atoms with E-state index in [9.17, 15) is 14.4 Å². The Bertz CT molecular complexity index is 1740. The molecule has 0 bridgehead atoms. The minimum Gasteiger partial charge on any atom is -0.366 e. The summed E-state index contributed by atoms with van der Waals surface area (Å²) in [6.45, 7) is 3.85. The SMILES string of the molecule is CCCCCCCC1(n2cc(C3=C(c4cn(C)c5ccccc45)C(=O)NC3=O)c3ccccc32)NOC(=O)[C@]1(C)N. The number of nitrogens with zero attached hydrogens (tertiary/aromatic N) is 2. The zero-order chi connectivity index (χ0) is 28.9. The average molecular weight is 554 g/mol. The van der Waals surface area contributed by atoms with Gasteiger partial charge >= 0.3 is 5.97 Å². The first-order chi connectivity index (χ1) is 19.7. The van der Waals surface area contributed by atoms with Crippen molar-refractivity contribution in [3.63, 3.8) is 0 Å². The molecule has 4 aromatic rings. The molecule has 2 aromatic carbocycles. The summed E-state index contributed by atoms with van der Waals surface area (Å²) in [5, 5.41) is 4.18. The molecule has 9 heteroatoms. The fourth-order valence-corrected chi connectivity index (χ4v) is 6.43. The molecular formula is C32H35N5O4. The van der Waals surface area contributed by atoms with E-state index in [0.717, 1.165) is 53.9 Å². The highest BCUT2D eigenvalue weighted by Crippen LogP contribution is 2.44. The Morgan fingerprint density at radius 2 is 1.41 bits per heavy atom. The molecule has 0 saturated carbocycles. The number of benzene rings is 2. The number of amides is 2. The van der Waals surface area contributed by atoms with Crippen molar-refractivity contribution >= 4 is 50.7 Å². The van der Waals surface area contributed by atoms with E-state index in [1.54, 1.807) is 6.92 Å². The highest BCUT2D eigenvalue weighted by molar-refractivity contribution is 6.50. The fraction of sp³-hybridized carbons (Fsp3) is 0.344. The van der Waals surface area contributed by atoms with E-state index in [0.29, 0.717) is 28.7 Å². The van der Waals surface area contributed by atoms with Crippen molar-refractivity contribution in [2.45, 2.75) is 63.6 Å². The third-order valence-corrected chi connectivity index (χ3v) is 8.73. The van der Waals surface area contributed by atoms with Crippen LogP contribution < -0.4 is 16.5 Å². The van der Waals surface area contributed by atoms with Gasteiger partial charge in [0.2, 0.25) is 0 Å². The van der Waals surface area contributed by atoms with E-state index < -0.39 is 29.0 Å². The molecule has 2 amide bonds. The number of imide groups is 1. The molecule has 2 aromatic heterocycles. The van der Waals surface area contributed by atoms with Crippen LogP contribution in [0.1, 0.15) is 63.5 Å². The van der Waals surface area contributed by atoms with Crippen molar-refractivity contribution in [3.8, 4) is 0 Å². The summed E-state index contributed by atoms with van der Waals surface area (Å²) in [5.74, 6) is -1.45. The quantitative estimate of drug-likeness (QED) is 0.208. The molecule has 6 rings (SSSR count). The number of carbonyl (C=O) groups is 3. The highest BCUT2D eigenvalue weighted by Gasteiger charge is 2.59. The third-order valence-electron chi connectivity index (χ3n) is 8.73. The lowest BCUT2D eigenvalue weighted by Crippen LogP contribution is -2.63. The van der Waals surface area contributed by atoms with Gasteiger partial charge in [0.1, 0.15) is 0 Å². The minimum absolute atomic E-state index is 0.295. The van der Waals surface area contributed by atoms with Gasteiger partial charge < -0.3 is 19.7 Å². The summed E-state index contributed by atoms with van der Waals surface area (Å²) in [6, 6.07) is 15.5. The molecule has 4 N–H and O–H groups in total. The van der Waals surface area contributed by atoms with E-state index in [-0.39, 0.29) is 0 Å². The molecule has 1 fully saturated rings. The van der Waals surface area contributed by atoms with Gasteiger partial charge in [-0.3, -0.25) is 14.9 Å². The molecule has 2 atom stereocenters. The number of aryl methyl sites for hydroxylation is 1. The number of rotatable bonds is 9. The van der Waals surface area contributed by atoms with Gasteiger partial charge in [-0.1, -0.05) is 69.0 Å². The molecule has 1 unspecified atom stereocenters. The fourth-order valence-electron chi connectivity index (χ4n) is 6.43. The molecule has 41 heavy (non-hydrogen) atoms. The van der Waals surface area contributed by atoms with Crippen LogP contribution in [-0.2, 0) is 31.9 Å². The van der Waals surface area contributed by atoms with E-state index in [1.165, 1.54) is 0 Å². The van der Waals surface area contributed by atoms with Gasteiger partial charge in [0, 0.05) is 46.9 Å². The maximum Gasteiger partial charge on any atom is 0.348 e. The average Bonchev–Trinajstić information content (AvgIpc) is 3.65. The number of para-hydroxylation sites is 2. The van der Waals surface area contributed by atoms with Crippen LogP contribution in [0.2, 0.25) is 0 Å². The number of nitrogens with one attached hydrogen (secondary N) is 2. The molecule has 4 heterocycles. The van der Waals surface area contributed by atoms with Crippen molar-refractivity contribution in [2.75, 3.05) is 0 Å². The van der Waals surface area contributed by atoms with Gasteiger partial charge in [-0.05, 0) is 31.9 Å². The van der Waals surface area contributed by atoms with Crippen LogP contribution >= 0.6 is 0 Å². The largest absolute Gasteiger partial charge is 0.366 e. The summed E-state index contributed by atoms with van der Waals surface area (Å²) in [4.78, 5) is 45.2. The molecule has 0 spiro atoms. The highest BCUT2D eigenvalue weighted by atomic mass is 16.7. The van der Waals surface area contributed by atoms with Crippen molar-refractivity contribution < 1.29 is 19.2 Å². The lowest BCUT2D eigenvalue weighted by Gasteiger charge is -2.38. The van der Waals surface area contributed by atoms with E-state index in [4.69, 9.17) is 10.6 Å². The van der Waals surface area contributed by atoms with Crippen LogP contribution in [0, 0.1) is 0 Å². The zero-order valence-corrected chi connectivity index (χ0v) is 23.6. The first kappa shape index (κ1) is 27.0. The van der Waals surface area contributed by atoms with Gasteiger partial charge in [0.15, 0.2) is 11.2 Å². The Balaban J connectivity index is 1.57. The van der Waals surface area contributed by atoms with Crippen LogP contribution in [0.25, 0.3) is 33.0 Å². The summed E-state index contributed by atoms with van der Waals surface area (Å²) >= 11 is 0. The van der Waals surface area contributed by atoms with Crippen LogP contribution in [0.15, 0.2) is 60.9 Å². The number of carbonyl (C=O) groups excluding carboxylic acids is 3. The van der Waals surface area contributed by atoms with Crippen molar-refractivity contribution in [1.82, 2.24) is 19.9 Å². The van der Waals surface area contributed by atoms with Gasteiger partial charge in [-0.25, -0.2) is 4.79 Å². The Labute approximate surface area is 238 Å². The molecule has 2 aliphatic heterocycles. The first-order valence-electron chi connectivity index (χ1n) is 14.2. The zero-order valence-electron chi connectivity index (χ0n) is 23.6. The molecular weight excluding hydrogens is 518 g/mol. The second-order valence-corrected chi connectivity index (χ2v) is 11.4. The standard InChI is InChI=1S/C32H35N5O4/c1-4-5-6-7-12-17-32(31(2,33)30(40)41-35-32)37-19-23(21-14-9-11-16-25(21)37)27-26(28(38)34-29(27)39)22-18-36(3)24-15-10-8-13-20(22)24/h8-11,13-16,18-19,35H,4-7,12,17,33H2,1-3H3,(H,34,38,39)/t31-,32?/m0/s1. The number of aromatic nitrogens is 2. The predicted octanol–water partition coefficient (Wildman–Crippen LogP) is 4.49. The summed E-state index contributed by atoms with van der Waals surface area (Å²) < 4.78 is 3.89. The van der Waals surface area contributed by atoms with Gasteiger partial charge in [0.25, 0.3) is 11.8 Å². The van der Waals surface area contributed by atoms with Crippen LogP contribution in [0.3, 0.4) is 0 Å². The topological polar surface area (TPSA) is 120 Å². The van der Waals surface area contributed by atoms with Gasteiger partial charge in [-0.15, -0.1) is 5.48 Å². The summed E-state index contributed by atoms with van der Waals surface area (Å²) in [6.07, 6.45) is 9.42. The first-order valence-corrected chi connectivity index (χ1v) is 14.2. The van der Waals surface area contributed by atoms with Gasteiger partial charge in [0.05, 0.1) is 16.7 Å². The Kier molecular flexibility index (Phi) is 6.59. The van der Waals surface area contributed by atoms with Crippen molar-refractivity contribution in [1.29, 1.82) is 0 Å². The van der Waals surface area contributed by atoms with Crippen LogP contribution in [-0.4, -0.2) is 32.5 Å². The monoisotopic (exact) mass is 553 g/mol. The number of hydroxylamine groups is 1. The molecule has 1 saturated heterocycles. The number of hydrogen-bond donors (Lipinski definition) is 3. The predicted molar refractivity (Wildman–Crippen MR) is 158 cm³/mol. The van der Waals surface area contributed by atoms with Crippen LogP contribution in [0.5, 0.6) is 0 Å². The maximum absolute atomic E-state index is 13.5. The molecule has 212 valence electrons. The van der Waals surface area contributed by atoms with Crippen molar-refractivity contribution in [3.05, 3.63) is 72.1 Å². The minimum atomic E-state index is -1.39. The molecule has 9 nitrogen and oxygen atoms in total. The van der Waals surface area contributed by atoms with Gasteiger partial charge in [-0.2, -0.15) is 0 Å². The lowest BCUT2D eigenvalue weighted by atomic mass is 9.83. The number of unbranched alkanes of at least 4 members (excludes halogenated alkanes) is 4. The summed E-state index contributed by atoms with van der Waals surface area (Å²) in [7, 11) is 1.92. The van der Waals surface area contributed by atoms with Crippen LogP contribution in [0.4, 0.5) is 0 Å². The molecule has 0 aliphatic carbocycles. The van der Waals surface area contributed by atoms with E-state index in [1.807, 2.05) is 77.1 Å². The molecule has 2 aliphatic rings. The lowest BCUT2D eigenvalue weighted by molar-refractivity contribution is -0.146. The summed E-state index contributed by atoms with van der Waals surface area (Å²) in [5.41, 5.74) is 10.9. The number of hydrogen-bond acceptors (Lipinski definition) is 6. The van der Waals surface area contributed by atoms with E-state index >= 15 is 0 Å². The van der Waals surface area contributed by atoms with E-state index in [2.05, 4.69) is 17.7 Å². The maximum atomic E-state index is 13.5. The normalized spacial score (nSPS) is 22.8. The Hall–Kier alpha value is -4.21.